The van der Waals surface area contributed by atoms with Crippen LogP contribution in [0.15, 0.2) is 54.6 Å². The van der Waals surface area contributed by atoms with Gasteiger partial charge in [0.05, 0.1) is 6.61 Å². The molecule has 0 saturated carbocycles. The summed E-state index contributed by atoms with van der Waals surface area (Å²) in [5.74, 6) is -0.831. The van der Waals surface area contributed by atoms with Gasteiger partial charge in [-0.3, -0.25) is 9.63 Å². The van der Waals surface area contributed by atoms with Crippen molar-refractivity contribution < 1.29 is 24.3 Å². The average molecular weight is 513 g/mol. The van der Waals surface area contributed by atoms with Gasteiger partial charge >= 0.3 is 5.97 Å². The molecule has 2 aromatic carbocycles. The second kappa shape index (κ2) is 14.1. The molecule has 0 aromatic heterocycles. The number of carboxylic acid groups (broad SMARTS) is 1. The van der Waals surface area contributed by atoms with Gasteiger partial charge in [0.15, 0.2) is 6.04 Å². The minimum atomic E-state index is -1.15. The standard InChI is InChI=1S/C30H44N2O5/c1-7-26(27(28(34)35)32(22-33)37-20-23-12-9-8-10-13-23)24-14-16-25(17-15-24)36-19-11-18-31-30(5,6)21-29(2,3)4/h8-10,12-17,22,26-27,31H,7,11,18-21H2,1-6H3,(H,34,35). The van der Waals surface area contributed by atoms with Gasteiger partial charge in [0.1, 0.15) is 12.4 Å². The fourth-order valence-corrected chi connectivity index (χ4v) is 4.89. The summed E-state index contributed by atoms with van der Waals surface area (Å²) in [5.41, 5.74) is 1.99. The van der Waals surface area contributed by atoms with Gasteiger partial charge in [0, 0.05) is 11.5 Å². The first-order valence-electron chi connectivity index (χ1n) is 13.1. The van der Waals surface area contributed by atoms with Crippen LogP contribution < -0.4 is 10.1 Å². The number of ether oxygens (including phenoxy) is 1. The van der Waals surface area contributed by atoms with Crippen LogP contribution in [-0.4, -0.2) is 47.3 Å². The van der Waals surface area contributed by atoms with Crippen molar-refractivity contribution in [2.45, 2.75) is 84.9 Å². The van der Waals surface area contributed by atoms with E-state index in [2.05, 4.69) is 39.9 Å². The van der Waals surface area contributed by atoms with Gasteiger partial charge in [0.25, 0.3) is 0 Å². The highest BCUT2D eigenvalue weighted by atomic mass is 16.7. The van der Waals surface area contributed by atoms with Gasteiger partial charge in [-0.25, -0.2) is 9.86 Å². The quantitative estimate of drug-likeness (QED) is 0.168. The molecular weight excluding hydrogens is 468 g/mol. The lowest BCUT2D eigenvalue weighted by atomic mass is 9.82. The summed E-state index contributed by atoms with van der Waals surface area (Å²) in [6.07, 6.45) is 2.92. The summed E-state index contributed by atoms with van der Waals surface area (Å²) in [6.45, 7) is 14.7. The van der Waals surface area contributed by atoms with Crippen LogP contribution in [0.25, 0.3) is 0 Å². The number of benzene rings is 2. The zero-order chi connectivity index (χ0) is 27.5. The number of hydroxylamine groups is 2. The predicted octanol–water partition coefficient (Wildman–Crippen LogP) is 5.80. The van der Waals surface area contributed by atoms with Gasteiger partial charge in [-0.2, -0.15) is 0 Å². The molecule has 0 radical (unpaired) electrons. The number of amides is 1. The van der Waals surface area contributed by atoms with Crippen molar-refractivity contribution in [3.05, 3.63) is 65.7 Å². The molecule has 204 valence electrons. The topological polar surface area (TPSA) is 88.1 Å². The molecule has 0 aliphatic rings. The van der Waals surface area contributed by atoms with E-state index in [1.165, 1.54) is 0 Å². The number of aliphatic carboxylic acids is 1. The summed E-state index contributed by atoms with van der Waals surface area (Å²) in [6, 6.07) is 15.6. The Morgan fingerprint density at radius 3 is 2.24 bits per heavy atom. The Kier molecular flexibility index (Phi) is 11.6. The Balaban J connectivity index is 1.95. The summed E-state index contributed by atoms with van der Waals surface area (Å²) in [5, 5.41) is 14.5. The van der Waals surface area contributed by atoms with Gasteiger partial charge in [-0.05, 0) is 68.3 Å². The number of hydrogen-bond acceptors (Lipinski definition) is 5. The van der Waals surface area contributed by atoms with Crippen LogP contribution in [0.3, 0.4) is 0 Å². The highest BCUT2D eigenvalue weighted by Crippen LogP contribution is 2.29. The van der Waals surface area contributed by atoms with Crippen molar-refractivity contribution in [1.29, 1.82) is 0 Å². The van der Waals surface area contributed by atoms with Crippen LogP contribution in [0.1, 0.15) is 77.8 Å². The van der Waals surface area contributed by atoms with Crippen molar-refractivity contribution >= 4 is 12.4 Å². The van der Waals surface area contributed by atoms with E-state index in [0.29, 0.717) is 19.4 Å². The van der Waals surface area contributed by atoms with E-state index in [4.69, 9.17) is 9.57 Å². The molecule has 2 N–H and O–H groups in total. The maximum atomic E-state index is 12.2. The molecule has 0 saturated heterocycles. The SMILES string of the molecule is CCC(c1ccc(OCCCNC(C)(C)CC(C)(C)C)cc1)C(C(=O)O)N(C=O)OCc1ccccc1. The van der Waals surface area contributed by atoms with E-state index in [0.717, 1.165) is 41.3 Å². The third-order valence-corrected chi connectivity index (χ3v) is 6.15. The van der Waals surface area contributed by atoms with Crippen LogP contribution in [0.5, 0.6) is 5.75 Å². The minimum absolute atomic E-state index is 0.0654. The maximum absolute atomic E-state index is 12.2. The third kappa shape index (κ3) is 10.5. The van der Waals surface area contributed by atoms with E-state index in [-0.39, 0.29) is 17.6 Å². The highest BCUT2D eigenvalue weighted by Gasteiger charge is 2.34. The molecule has 0 heterocycles. The average Bonchev–Trinajstić information content (AvgIpc) is 2.83. The second-order valence-electron chi connectivity index (χ2n) is 11.3. The Hall–Kier alpha value is -2.90. The number of nitrogens with zero attached hydrogens (tertiary/aromatic N) is 1. The van der Waals surface area contributed by atoms with Gasteiger partial charge < -0.3 is 15.2 Å². The van der Waals surface area contributed by atoms with Gasteiger partial charge in [-0.15, -0.1) is 0 Å². The summed E-state index contributed by atoms with van der Waals surface area (Å²) >= 11 is 0. The maximum Gasteiger partial charge on any atom is 0.329 e. The molecule has 0 aliphatic heterocycles. The zero-order valence-electron chi connectivity index (χ0n) is 23.2. The molecule has 7 heteroatoms. The molecule has 2 atom stereocenters. The molecule has 37 heavy (non-hydrogen) atoms. The molecule has 2 aromatic rings. The first-order valence-corrected chi connectivity index (χ1v) is 13.1. The lowest BCUT2D eigenvalue weighted by Gasteiger charge is -2.33. The molecule has 0 bridgehead atoms. The van der Waals surface area contributed by atoms with Crippen molar-refractivity contribution in [1.82, 2.24) is 10.4 Å². The summed E-state index contributed by atoms with van der Waals surface area (Å²) in [4.78, 5) is 29.6. The van der Waals surface area contributed by atoms with Crippen LogP contribution in [-0.2, 0) is 21.0 Å². The smallest absolute Gasteiger partial charge is 0.329 e. The highest BCUT2D eigenvalue weighted by molar-refractivity contribution is 5.77. The fraction of sp³-hybridized carbons (Fsp3) is 0.533. The summed E-state index contributed by atoms with van der Waals surface area (Å²) in [7, 11) is 0. The summed E-state index contributed by atoms with van der Waals surface area (Å²) < 4.78 is 5.91. The molecule has 7 nitrogen and oxygen atoms in total. The predicted molar refractivity (Wildman–Crippen MR) is 146 cm³/mol. The van der Waals surface area contributed by atoms with Crippen molar-refractivity contribution in [3.63, 3.8) is 0 Å². The van der Waals surface area contributed by atoms with E-state index in [1.807, 2.05) is 61.5 Å². The van der Waals surface area contributed by atoms with Crippen molar-refractivity contribution in [2.24, 2.45) is 5.41 Å². The number of nitrogens with one attached hydrogen (secondary N) is 1. The second-order valence-corrected chi connectivity index (χ2v) is 11.3. The largest absolute Gasteiger partial charge is 0.494 e. The Morgan fingerprint density at radius 1 is 1.05 bits per heavy atom. The van der Waals surface area contributed by atoms with E-state index in [1.54, 1.807) is 0 Å². The third-order valence-electron chi connectivity index (χ3n) is 6.15. The molecule has 2 unspecified atom stereocenters. The van der Waals surface area contributed by atoms with Crippen molar-refractivity contribution in [3.8, 4) is 5.75 Å². The van der Waals surface area contributed by atoms with Crippen molar-refractivity contribution in [2.75, 3.05) is 13.2 Å². The van der Waals surface area contributed by atoms with Gasteiger partial charge in [-0.1, -0.05) is 70.2 Å². The Morgan fingerprint density at radius 2 is 1.70 bits per heavy atom. The number of hydrogen-bond donors (Lipinski definition) is 2. The molecule has 0 aliphatic carbocycles. The molecule has 2 rings (SSSR count). The van der Waals surface area contributed by atoms with E-state index < -0.39 is 17.9 Å². The minimum Gasteiger partial charge on any atom is -0.494 e. The van der Waals surface area contributed by atoms with Crippen LogP contribution in [0.2, 0.25) is 0 Å². The normalized spacial score (nSPS) is 13.6. The Labute approximate surface area is 222 Å². The van der Waals surface area contributed by atoms with Crippen LogP contribution in [0, 0.1) is 5.41 Å². The number of carboxylic acids is 1. The van der Waals surface area contributed by atoms with Gasteiger partial charge in [0.2, 0.25) is 6.41 Å². The fourth-order valence-electron chi connectivity index (χ4n) is 4.89. The number of rotatable bonds is 16. The molecule has 0 spiro atoms. The molecule has 0 fully saturated rings. The van der Waals surface area contributed by atoms with E-state index in [9.17, 15) is 14.7 Å². The Bertz CT molecular complexity index is 954. The lowest BCUT2D eigenvalue weighted by Crippen LogP contribution is -2.44. The van der Waals surface area contributed by atoms with Crippen LogP contribution in [0.4, 0.5) is 0 Å². The first-order chi connectivity index (χ1) is 17.5. The van der Waals surface area contributed by atoms with E-state index >= 15 is 0 Å². The monoisotopic (exact) mass is 512 g/mol. The molecular formula is C30H44N2O5. The number of carbonyl (C=O) groups is 2. The van der Waals surface area contributed by atoms with Crippen LogP contribution >= 0.6 is 0 Å². The lowest BCUT2D eigenvalue weighted by molar-refractivity contribution is -0.203. The first kappa shape index (κ1) is 30.3. The molecule has 1 amide bonds. The number of carbonyl (C=O) groups excluding carboxylic acids is 1. The zero-order valence-corrected chi connectivity index (χ0v) is 23.2.